The first-order valence-corrected chi connectivity index (χ1v) is 2.48. The van der Waals surface area contributed by atoms with Crippen LogP contribution in [-0.4, -0.2) is 14.9 Å². The van der Waals surface area contributed by atoms with E-state index >= 15 is 0 Å². The number of rotatable bonds is 1. The minimum Gasteiger partial charge on any atom is -0.0782 e. The summed E-state index contributed by atoms with van der Waals surface area (Å²) in [4.78, 5) is 0. The van der Waals surface area contributed by atoms with Gasteiger partial charge in [0.2, 0.25) is 0 Å². The van der Waals surface area contributed by atoms with Crippen molar-refractivity contribution >= 4 is 14.9 Å². The first-order chi connectivity index (χ1) is 2.93. The van der Waals surface area contributed by atoms with Crippen molar-refractivity contribution in [3.8, 4) is 0 Å². The van der Waals surface area contributed by atoms with Crippen molar-refractivity contribution in [2.24, 2.45) is 0 Å². The van der Waals surface area contributed by atoms with E-state index in [0.717, 1.165) is 5.82 Å². The molecule has 0 amide bonds. The molecule has 2 heteroatoms. The van der Waals surface area contributed by atoms with Gasteiger partial charge < -0.3 is 0 Å². The van der Waals surface area contributed by atoms with Crippen molar-refractivity contribution in [2.45, 2.75) is 25.1 Å². The highest BCUT2D eigenvalue weighted by Crippen LogP contribution is 2.29. The maximum Gasteiger partial charge on any atom is 0.0587 e. The zero-order chi connectivity index (χ0) is 4.41. The van der Waals surface area contributed by atoms with Crippen LogP contribution in [0.25, 0.3) is 0 Å². The predicted molar refractivity (Wildman–Crippen MR) is 29.1 cm³/mol. The molecule has 0 heterocycles. The molecule has 3 radical (unpaired) electrons. The monoisotopic (exact) mass is 77.1 g/mol. The van der Waals surface area contributed by atoms with Gasteiger partial charge in [0, 0.05) is 7.74 Å². The van der Waals surface area contributed by atoms with Crippen LogP contribution in [0.4, 0.5) is 0 Å². The van der Waals surface area contributed by atoms with Crippen molar-refractivity contribution in [3.05, 3.63) is 0 Å². The van der Waals surface area contributed by atoms with E-state index in [4.69, 9.17) is 7.74 Å². The lowest BCUT2D eigenvalue weighted by Gasteiger charge is -2.22. The molecule has 1 fully saturated rings. The first kappa shape index (κ1) is 4.29. The zero-order valence-electron chi connectivity index (χ0n) is 3.85. The van der Waals surface area contributed by atoms with Gasteiger partial charge in [-0.05, 0) is 0 Å². The van der Waals surface area contributed by atoms with E-state index in [9.17, 15) is 0 Å². The van der Waals surface area contributed by atoms with Gasteiger partial charge in [-0.2, -0.15) is 0 Å². The Bertz CT molecular complexity index is 38.1. The Balaban J connectivity index is 2.01. The third-order valence-electron chi connectivity index (χ3n) is 1.42. The second kappa shape index (κ2) is 1.72. The van der Waals surface area contributed by atoms with Gasteiger partial charge in [0.15, 0.2) is 0 Å². The van der Waals surface area contributed by atoms with Gasteiger partial charge >= 0.3 is 0 Å². The predicted octanol–water partition coefficient (Wildman–Crippen LogP) is 0.746. The van der Waals surface area contributed by atoms with Gasteiger partial charge in [-0.1, -0.05) is 25.1 Å². The second-order valence-electron chi connectivity index (χ2n) is 1.88. The molecule has 29 valence electrons. The molecule has 6 heavy (non-hydrogen) atoms. The summed E-state index contributed by atoms with van der Waals surface area (Å²) in [6.07, 6.45) is 4.05. The smallest absolute Gasteiger partial charge is 0.0587 e. The molecule has 0 aromatic carbocycles. The van der Waals surface area contributed by atoms with Crippen LogP contribution in [0.3, 0.4) is 0 Å². The van der Waals surface area contributed by atoms with Gasteiger partial charge in [0.25, 0.3) is 0 Å². The fourth-order valence-electron chi connectivity index (χ4n) is 0.632. The molecule has 0 unspecified atom stereocenters. The summed E-state index contributed by atoms with van der Waals surface area (Å²) in [5.74, 6) is 0.769. The molecule has 1 aliphatic rings. The molecule has 1 rings (SSSR count). The topological polar surface area (TPSA) is 0 Å². The van der Waals surface area contributed by atoms with E-state index in [1.807, 2.05) is 7.17 Å². The third kappa shape index (κ3) is 0.612. The Morgan fingerprint density at radius 2 is 2.17 bits per heavy atom. The molecule has 0 aliphatic heterocycles. The Kier molecular flexibility index (Phi) is 1.23. The number of hydrogen-bond donors (Lipinski definition) is 0. The Morgan fingerprint density at radius 3 is 2.17 bits per heavy atom. The fourth-order valence-corrected chi connectivity index (χ4v) is 0.632. The van der Waals surface area contributed by atoms with Crippen LogP contribution in [-0.2, 0) is 0 Å². The largest absolute Gasteiger partial charge is 0.0782 e. The first-order valence-electron chi connectivity index (χ1n) is 2.48. The van der Waals surface area contributed by atoms with Gasteiger partial charge in [-0.3, -0.25) is 0 Å². The third-order valence-corrected chi connectivity index (χ3v) is 1.42. The molecule has 0 N–H and O–H groups in total. The molecule has 1 aliphatic carbocycles. The maximum absolute atomic E-state index is 5.21. The van der Waals surface area contributed by atoms with Gasteiger partial charge in [0.05, 0.1) is 7.17 Å². The average molecular weight is 76.7 g/mol. The molecule has 1 saturated carbocycles. The van der Waals surface area contributed by atoms with Crippen molar-refractivity contribution in [2.75, 3.05) is 0 Å². The van der Waals surface area contributed by atoms with Gasteiger partial charge in [-0.25, -0.2) is 0 Å². The SMILES string of the molecule is [B][B]C1CCC1. The molecule has 0 saturated heterocycles. The zero-order valence-corrected chi connectivity index (χ0v) is 3.85. The summed E-state index contributed by atoms with van der Waals surface area (Å²) in [5.41, 5.74) is 0. The summed E-state index contributed by atoms with van der Waals surface area (Å²) in [7, 11) is 7.02. The van der Waals surface area contributed by atoms with Crippen LogP contribution in [0.2, 0.25) is 5.82 Å². The lowest BCUT2D eigenvalue weighted by atomic mass is 9.42. The van der Waals surface area contributed by atoms with E-state index in [2.05, 4.69) is 0 Å². The van der Waals surface area contributed by atoms with Crippen molar-refractivity contribution in [1.82, 2.24) is 0 Å². The Hall–Kier alpha value is 0.130. The second-order valence-corrected chi connectivity index (χ2v) is 1.88. The van der Waals surface area contributed by atoms with Crippen molar-refractivity contribution in [1.29, 1.82) is 0 Å². The molecule has 0 nitrogen and oxygen atoms in total. The summed E-state index contributed by atoms with van der Waals surface area (Å²) < 4.78 is 0. The van der Waals surface area contributed by atoms with Crippen LogP contribution in [0, 0.1) is 0 Å². The minimum atomic E-state index is 0.769. The summed E-state index contributed by atoms with van der Waals surface area (Å²) in [6.45, 7) is 0. The van der Waals surface area contributed by atoms with E-state index < -0.39 is 0 Å². The summed E-state index contributed by atoms with van der Waals surface area (Å²) in [6, 6.07) is 0. The van der Waals surface area contributed by atoms with Crippen LogP contribution in [0.15, 0.2) is 0 Å². The highest BCUT2D eigenvalue weighted by molar-refractivity contribution is 6.90. The van der Waals surface area contributed by atoms with E-state index in [1.54, 1.807) is 0 Å². The van der Waals surface area contributed by atoms with Crippen LogP contribution < -0.4 is 0 Å². The molecule has 0 aromatic rings. The molecule has 0 spiro atoms. The normalized spacial score (nSPS) is 22.7. The molecular formula is C4H7B2. The highest BCUT2D eigenvalue weighted by atomic mass is 14.1. The lowest BCUT2D eigenvalue weighted by molar-refractivity contribution is 0.502. The van der Waals surface area contributed by atoms with Gasteiger partial charge in [0.1, 0.15) is 0 Å². The highest BCUT2D eigenvalue weighted by Gasteiger charge is 2.13. The van der Waals surface area contributed by atoms with E-state index in [1.165, 1.54) is 19.3 Å². The summed E-state index contributed by atoms with van der Waals surface area (Å²) in [5, 5.41) is 0. The fraction of sp³-hybridized carbons (Fsp3) is 1.00. The molecule has 0 bridgehead atoms. The maximum atomic E-state index is 5.21. The quantitative estimate of drug-likeness (QED) is 0.405. The van der Waals surface area contributed by atoms with Crippen molar-refractivity contribution < 1.29 is 0 Å². The van der Waals surface area contributed by atoms with Crippen LogP contribution >= 0.6 is 0 Å². The van der Waals surface area contributed by atoms with E-state index in [0.29, 0.717) is 0 Å². The standard InChI is InChI=1S/C4H7B2/c5-6-4-2-1-3-4/h4H,1-3H2. The van der Waals surface area contributed by atoms with Crippen molar-refractivity contribution in [3.63, 3.8) is 0 Å². The summed E-state index contributed by atoms with van der Waals surface area (Å²) >= 11 is 0. The minimum absolute atomic E-state index is 0.769. The Morgan fingerprint density at radius 1 is 1.50 bits per heavy atom. The number of hydrogen-bond acceptors (Lipinski definition) is 0. The van der Waals surface area contributed by atoms with Crippen LogP contribution in [0.1, 0.15) is 19.3 Å². The molecule has 0 aromatic heterocycles. The average Bonchev–Trinajstić information content (AvgIpc) is 1.31. The van der Waals surface area contributed by atoms with Gasteiger partial charge in [-0.15, -0.1) is 0 Å². The molecular weight excluding hydrogens is 69.7 g/mol. The lowest BCUT2D eigenvalue weighted by Crippen LogP contribution is -2.11. The Labute approximate surface area is 41.0 Å². The molecule has 0 atom stereocenters. The van der Waals surface area contributed by atoms with Crippen LogP contribution in [0.5, 0.6) is 0 Å². The van der Waals surface area contributed by atoms with E-state index in [-0.39, 0.29) is 0 Å².